The highest BCUT2D eigenvalue weighted by atomic mass is 16.5. The molecular weight excluding hydrogens is 364 g/mol. The number of hydrogen-bond donors (Lipinski definition) is 3. The normalized spacial score (nSPS) is 14.1. The third-order valence-electron chi connectivity index (χ3n) is 4.27. The maximum atomic E-state index is 12.5. The van der Waals surface area contributed by atoms with Crippen molar-refractivity contribution in [1.82, 2.24) is 5.32 Å². The van der Waals surface area contributed by atoms with Crippen LogP contribution in [-0.2, 0) is 16.1 Å². The van der Waals surface area contributed by atoms with Gasteiger partial charge in [-0.3, -0.25) is 9.59 Å². The van der Waals surface area contributed by atoms with Crippen molar-refractivity contribution in [2.45, 2.75) is 6.54 Å². The molecule has 1 aliphatic heterocycles. The highest BCUT2D eigenvalue weighted by Gasteiger charge is 2.25. The molecule has 0 atom stereocenters. The number of nitrogens with one attached hydrogen (secondary N) is 2. The molecule has 3 N–H and O–H groups in total. The van der Waals surface area contributed by atoms with Gasteiger partial charge < -0.3 is 25.2 Å². The van der Waals surface area contributed by atoms with Crippen molar-refractivity contribution in [3.8, 4) is 11.5 Å². The number of methoxy groups -OCH3 is 2. The topological polar surface area (TPSA) is 114 Å². The summed E-state index contributed by atoms with van der Waals surface area (Å²) < 4.78 is 10.5. The molecule has 1 aliphatic rings. The summed E-state index contributed by atoms with van der Waals surface area (Å²) in [6.45, 7) is 0.287. The maximum Gasteiger partial charge on any atom is 0.337 e. The molecular formula is C20H18N2O6. The number of carboxylic acids is 1. The van der Waals surface area contributed by atoms with E-state index >= 15 is 0 Å². The van der Waals surface area contributed by atoms with Crippen LogP contribution in [0.25, 0.3) is 5.57 Å². The summed E-state index contributed by atoms with van der Waals surface area (Å²) in [4.78, 5) is 36.1. The summed E-state index contributed by atoms with van der Waals surface area (Å²) in [5.41, 5.74) is 1.55. The van der Waals surface area contributed by atoms with Crippen molar-refractivity contribution in [3.63, 3.8) is 0 Å². The predicted octanol–water partition coefficient (Wildman–Crippen LogP) is 2.05. The van der Waals surface area contributed by atoms with E-state index in [0.29, 0.717) is 17.1 Å². The van der Waals surface area contributed by atoms with Crippen LogP contribution in [0.1, 0.15) is 21.5 Å². The van der Waals surface area contributed by atoms with E-state index in [1.807, 2.05) is 0 Å². The Balaban J connectivity index is 1.97. The first-order valence-electron chi connectivity index (χ1n) is 8.33. The first kappa shape index (κ1) is 19.0. The number of carbonyl (C=O) groups excluding carboxylic acids is 2. The number of ether oxygens (including phenoxy) is 2. The van der Waals surface area contributed by atoms with Gasteiger partial charge in [-0.2, -0.15) is 0 Å². The van der Waals surface area contributed by atoms with Crippen molar-refractivity contribution < 1.29 is 29.0 Å². The Bertz CT molecular complexity index is 996. The minimum absolute atomic E-state index is 0.0471. The maximum absolute atomic E-state index is 12.5. The van der Waals surface area contributed by atoms with Gasteiger partial charge in [0.25, 0.3) is 5.91 Å². The predicted molar refractivity (Wildman–Crippen MR) is 101 cm³/mol. The molecule has 0 aliphatic carbocycles. The minimum Gasteiger partial charge on any atom is -0.493 e. The Morgan fingerprint density at radius 2 is 1.82 bits per heavy atom. The molecule has 0 aromatic heterocycles. The average molecular weight is 382 g/mol. The lowest BCUT2D eigenvalue weighted by Crippen LogP contribution is -2.30. The summed E-state index contributed by atoms with van der Waals surface area (Å²) >= 11 is 0. The molecule has 28 heavy (non-hydrogen) atoms. The van der Waals surface area contributed by atoms with Crippen molar-refractivity contribution in [2.75, 3.05) is 19.5 Å². The number of rotatable bonds is 5. The van der Waals surface area contributed by atoms with Crippen LogP contribution in [0.5, 0.6) is 11.5 Å². The molecule has 144 valence electrons. The second kappa shape index (κ2) is 7.83. The second-order valence-electron chi connectivity index (χ2n) is 5.95. The fourth-order valence-electron chi connectivity index (χ4n) is 2.93. The molecule has 0 saturated heterocycles. The highest BCUT2D eigenvalue weighted by Crippen LogP contribution is 2.35. The van der Waals surface area contributed by atoms with Gasteiger partial charge in [-0.15, -0.1) is 0 Å². The van der Waals surface area contributed by atoms with E-state index < -0.39 is 17.8 Å². The van der Waals surface area contributed by atoms with E-state index in [1.165, 1.54) is 26.4 Å². The zero-order valence-corrected chi connectivity index (χ0v) is 15.2. The van der Waals surface area contributed by atoms with Gasteiger partial charge in [-0.1, -0.05) is 12.1 Å². The first-order valence-corrected chi connectivity index (χ1v) is 8.33. The summed E-state index contributed by atoms with van der Waals surface area (Å²) in [6.07, 6.45) is 1.14. The smallest absolute Gasteiger partial charge is 0.337 e. The lowest BCUT2D eigenvalue weighted by atomic mass is 9.94. The van der Waals surface area contributed by atoms with E-state index in [-0.39, 0.29) is 23.4 Å². The van der Waals surface area contributed by atoms with E-state index in [9.17, 15) is 19.5 Å². The van der Waals surface area contributed by atoms with Gasteiger partial charge >= 0.3 is 5.97 Å². The molecule has 8 nitrogen and oxygen atoms in total. The third kappa shape index (κ3) is 3.66. The van der Waals surface area contributed by atoms with Gasteiger partial charge in [0.05, 0.1) is 31.0 Å². The Kier molecular flexibility index (Phi) is 5.30. The SMILES string of the molecule is COc1cc2c(cc1OC)/C(=C/C(=O)Nc1ccccc1C(=O)O)C(=O)NC2. The molecule has 2 aromatic rings. The first-order chi connectivity index (χ1) is 13.4. The molecule has 0 unspecified atom stereocenters. The Labute approximate surface area is 160 Å². The quantitative estimate of drug-likeness (QED) is 0.682. The lowest BCUT2D eigenvalue weighted by molar-refractivity contribution is -0.116. The molecule has 0 bridgehead atoms. The third-order valence-corrected chi connectivity index (χ3v) is 4.27. The lowest BCUT2D eigenvalue weighted by Gasteiger charge is -2.21. The highest BCUT2D eigenvalue weighted by molar-refractivity contribution is 6.26. The number of fused-ring (bicyclic) bond motifs is 1. The van der Waals surface area contributed by atoms with Crippen LogP contribution in [0, 0.1) is 0 Å². The summed E-state index contributed by atoms with van der Waals surface area (Å²) in [6, 6.07) is 9.39. The second-order valence-corrected chi connectivity index (χ2v) is 5.95. The van der Waals surface area contributed by atoms with Crippen LogP contribution in [-0.4, -0.2) is 37.1 Å². The number of aromatic carboxylic acids is 1. The Morgan fingerprint density at radius 3 is 2.50 bits per heavy atom. The van der Waals surface area contributed by atoms with Crippen LogP contribution >= 0.6 is 0 Å². The fourth-order valence-corrected chi connectivity index (χ4v) is 2.93. The summed E-state index contributed by atoms with van der Waals surface area (Å²) in [5, 5.41) is 14.4. The number of anilines is 1. The van der Waals surface area contributed by atoms with Crippen molar-refractivity contribution >= 4 is 29.0 Å². The Morgan fingerprint density at radius 1 is 1.14 bits per heavy atom. The zero-order chi connectivity index (χ0) is 20.3. The monoisotopic (exact) mass is 382 g/mol. The molecule has 3 rings (SSSR count). The van der Waals surface area contributed by atoms with E-state index in [0.717, 1.165) is 11.6 Å². The molecule has 0 fully saturated rings. The number of benzene rings is 2. The molecule has 2 amide bonds. The van der Waals surface area contributed by atoms with E-state index in [4.69, 9.17) is 9.47 Å². The number of carboxylic acid groups (broad SMARTS) is 1. The van der Waals surface area contributed by atoms with Crippen molar-refractivity contribution in [2.24, 2.45) is 0 Å². The zero-order valence-electron chi connectivity index (χ0n) is 15.2. The number of carbonyl (C=O) groups is 3. The van der Waals surface area contributed by atoms with Gasteiger partial charge in [0, 0.05) is 12.6 Å². The molecule has 0 spiro atoms. The van der Waals surface area contributed by atoms with E-state index in [2.05, 4.69) is 10.6 Å². The molecule has 1 heterocycles. The molecule has 2 aromatic carbocycles. The Hall–Kier alpha value is -3.81. The summed E-state index contributed by atoms with van der Waals surface area (Å²) in [7, 11) is 2.99. The van der Waals surface area contributed by atoms with Crippen LogP contribution in [0.3, 0.4) is 0 Å². The van der Waals surface area contributed by atoms with Gasteiger partial charge in [0.2, 0.25) is 5.91 Å². The largest absolute Gasteiger partial charge is 0.493 e. The minimum atomic E-state index is -1.17. The standard InChI is InChI=1S/C20H18N2O6/c1-27-16-7-11-10-21-19(24)14(13(11)8-17(16)28-2)9-18(23)22-15-6-4-3-5-12(15)20(25)26/h3-9H,10H2,1-2H3,(H,21,24)(H,22,23)(H,25,26)/b14-9-. The number of para-hydroxylation sites is 1. The van der Waals surface area contributed by atoms with Gasteiger partial charge in [0.15, 0.2) is 11.5 Å². The number of amides is 2. The molecule has 8 heteroatoms. The van der Waals surface area contributed by atoms with Gasteiger partial charge in [-0.05, 0) is 35.4 Å². The van der Waals surface area contributed by atoms with Gasteiger partial charge in [0.1, 0.15) is 0 Å². The number of hydrogen-bond acceptors (Lipinski definition) is 5. The van der Waals surface area contributed by atoms with Crippen LogP contribution in [0.4, 0.5) is 5.69 Å². The van der Waals surface area contributed by atoms with Crippen LogP contribution < -0.4 is 20.1 Å². The van der Waals surface area contributed by atoms with Gasteiger partial charge in [-0.25, -0.2) is 4.79 Å². The average Bonchev–Trinajstić information content (AvgIpc) is 2.69. The fraction of sp³-hybridized carbons (Fsp3) is 0.150. The van der Waals surface area contributed by atoms with Crippen LogP contribution in [0.2, 0.25) is 0 Å². The van der Waals surface area contributed by atoms with Crippen molar-refractivity contribution in [3.05, 3.63) is 59.2 Å². The van der Waals surface area contributed by atoms with E-state index in [1.54, 1.807) is 24.3 Å². The van der Waals surface area contributed by atoms with Crippen LogP contribution in [0.15, 0.2) is 42.5 Å². The summed E-state index contributed by atoms with van der Waals surface area (Å²) in [5.74, 6) is -1.26. The molecule has 0 radical (unpaired) electrons. The molecule has 0 saturated carbocycles. The van der Waals surface area contributed by atoms with Crippen molar-refractivity contribution in [1.29, 1.82) is 0 Å².